The van der Waals surface area contributed by atoms with Crippen LogP contribution in [-0.2, 0) is 21.2 Å². The monoisotopic (exact) mass is 524 g/mol. The smallest absolute Gasteiger partial charge is 0.322 e. The fourth-order valence-electron chi connectivity index (χ4n) is 3.80. The zero-order valence-electron chi connectivity index (χ0n) is 18.9. The number of halogens is 2. The minimum Gasteiger partial charge on any atom is -0.480 e. The van der Waals surface area contributed by atoms with Crippen LogP contribution in [0.4, 0.5) is 8.78 Å². The summed E-state index contributed by atoms with van der Waals surface area (Å²) in [6, 6.07) is 13.5. The van der Waals surface area contributed by atoms with Gasteiger partial charge in [0.2, 0.25) is 21.8 Å². The van der Waals surface area contributed by atoms with Gasteiger partial charge in [-0.2, -0.15) is 4.72 Å². The van der Waals surface area contributed by atoms with Crippen LogP contribution < -0.4 is 4.72 Å². The van der Waals surface area contributed by atoms with Gasteiger partial charge in [-0.3, -0.25) is 4.79 Å². The van der Waals surface area contributed by atoms with Crippen LogP contribution in [0.3, 0.4) is 0 Å². The number of carboxylic acids is 1. The third-order valence-electron chi connectivity index (χ3n) is 5.68. The van der Waals surface area contributed by atoms with Gasteiger partial charge in [-0.15, -0.1) is 10.2 Å². The second-order valence-electron chi connectivity index (χ2n) is 8.16. The molecule has 0 aliphatic carbocycles. The van der Waals surface area contributed by atoms with Crippen molar-refractivity contribution in [3.63, 3.8) is 0 Å². The first-order valence-electron chi connectivity index (χ1n) is 10.9. The molecule has 2 aromatic heterocycles. The fourth-order valence-corrected chi connectivity index (χ4v) is 4.99. The van der Waals surface area contributed by atoms with Gasteiger partial charge in [-0.05, 0) is 72.3 Å². The number of H-pyrrole nitrogens is 1. The molecule has 12 heteroatoms. The summed E-state index contributed by atoms with van der Waals surface area (Å²) in [6.45, 7) is 0. The Morgan fingerprint density at radius 2 is 1.54 bits per heavy atom. The summed E-state index contributed by atoms with van der Waals surface area (Å²) < 4.78 is 60.5. The number of nitrogens with zero attached hydrogens (tertiary/aromatic N) is 2. The zero-order valence-corrected chi connectivity index (χ0v) is 19.7. The number of rotatable bonds is 8. The van der Waals surface area contributed by atoms with E-state index < -0.39 is 33.7 Å². The summed E-state index contributed by atoms with van der Waals surface area (Å²) in [6.07, 6.45) is 1.32. The first kappa shape index (κ1) is 24.3. The normalized spacial score (nSPS) is 12.6. The number of carboxylic acid groups (broad SMARTS) is 1. The molecule has 0 radical (unpaired) electrons. The van der Waals surface area contributed by atoms with Crippen molar-refractivity contribution in [1.29, 1.82) is 0 Å². The second kappa shape index (κ2) is 9.56. The molecule has 37 heavy (non-hydrogen) atoms. The van der Waals surface area contributed by atoms with Crippen LogP contribution in [-0.4, -0.2) is 40.7 Å². The van der Waals surface area contributed by atoms with Crippen molar-refractivity contribution in [3.8, 4) is 22.9 Å². The molecule has 3 aromatic carbocycles. The molecule has 188 valence electrons. The number of hydrogen-bond acceptors (Lipinski definition) is 6. The van der Waals surface area contributed by atoms with Crippen LogP contribution in [0.25, 0.3) is 33.8 Å². The Bertz CT molecular complexity index is 1700. The van der Waals surface area contributed by atoms with E-state index in [9.17, 15) is 27.1 Å². The Morgan fingerprint density at radius 3 is 2.16 bits per heavy atom. The highest BCUT2D eigenvalue weighted by Crippen LogP contribution is 2.26. The van der Waals surface area contributed by atoms with E-state index >= 15 is 0 Å². The molecule has 5 aromatic rings. The molecule has 0 aliphatic heterocycles. The zero-order chi connectivity index (χ0) is 26.2. The number of aromatic nitrogens is 3. The van der Waals surface area contributed by atoms with Crippen molar-refractivity contribution in [2.75, 3.05) is 0 Å². The van der Waals surface area contributed by atoms with Gasteiger partial charge in [0, 0.05) is 34.6 Å². The molecule has 9 nitrogen and oxygen atoms in total. The maximum Gasteiger partial charge on any atom is 0.322 e. The number of sulfonamides is 1. The van der Waals surface area contributed by atoms with Gasteiger partial charge in [-0.25, -0.2) is 17.2 Å². The Hall–Kier alpha value is -4.42. The van der Waals surface area contributed by atoms with Crippen molar-refractivity contribution in [1.82, 2.24) is 19.9 Å². The standard InChI is InChI=1S/C25H18F2N4O5S/c26-17-5-1-14(2-6-17)23-29-30-24(36-23)15-3-8-19(9-4-15)37(34,35)31-22(25(32)33)11-16-13-28-21-10-7-18(27)12-20(16)21/h1-10,12-13,22,28,31H,11H2,(H,32,33)/t22-/m0/s1. The van der Waals surface area contributed by atoms with Crippen LogP contribution in [0, 0.1) is 11.6 Å². The highest BCUT2D eigenvalue weighted by atomic mass is 32.2. The molecule has 0 unspecified atom stereocenters. The van der Waals surface area contributed by atoms with E-state index in [0.717, 1.165) is 0 Å². The van der Waals surface area contributed by atoms with Crippen molar-refractivity contribution in [2.24, 2.45) is 0 Å². The van der Waals surface area contributed by atoms with E-state index in [2.05, 4.69) is 19.9 Å². The van der Waals surface area contributed by atoms with Crippen molar-refractivity contribution in [2.45, 2.75) is 17.4 Å². The van der Waals surface area contributed by atoms with Crippen LogP contribution >= 0.6 is 0 Å². The molecular weight excluding hydrogens is 506 g/mol. The van der Waals surface area contributed by atoms with Gasteiger partial charge in [0.25, 0.3) is 0 Å². The maximum atomic E-state index is 13.7. The van der Waals surface area contributed by atoms with Crippen LogP contribution in [0.15, 0.2) is 82.2 Å². The molecule has 0 saturated carbocycles. The maximum absolute atomic E-state index is 13.7. The largest absolute Gasteiger partial charge is 0.480 e. The fraction of sp³-hybridized carbons (Fsp3) is 0.0800. The SMILES string of the molecule is O=C(O)[C@H](Cc1c[nH]c2ccc(F)cc12)NS(=O)(=O)c1ccc(-c2nnc(-c3ccc(F)cc3)o2)cc1. The lowest BCUT2D eigenvalue weighted by molar-refractivity contribution is -0.138. The summed E-state index contributed by atoms with van der Waals surface area (Å²) in [5, 5.41) is 18.0. The first-order chi connectivity index (χ1) is 17.7. The Morgan fingerprint density at radius 1 is 0.946 bits per heavy atom. The van der Waals surface area contributed by atoms with E-state index in [1.165, 1.54) is 72.9 Å². The van der Waals surface area contributed by atoms with Crippen LogP contribution in [0.1, 0.15) is 5.56 Å². The number of aliphatic carboxylic acids is 1. The lowest BCUT2D eigenvalue weighted by atomic mass is 10.1. The molecule has 2 heterocycles. The Kier molecular flexibility index (Phi) is 6.27. The minimum atomic E-state index is -4.23. The second-order valence-corrected chi connectivity index (χ2v) is 9.88. The lowest BCUT2D eigenvalue weighted by Crippen LogP contribution is -2.42. The van der Waals surface area contributed by atoms with Crippen LogP contribution in [0.2, 0.25) is 0 Å². The third-order valence-corrected chi connectivity index (χ3v) is 7.16. The molecule has 0 fully saturated rings. The highest BCUT2D eigenvalue weighted by Gasteiger charge is 2.27. The number of nitrogens with one attached hydrogen (secondary N) is 2. The molecule has 0 saturated heterocycles. The van der Waals surface area contributed by atoms with Gasteiger partial charge >= 0.3 is 5.97 Å². The summed E-state index contributed by atoms with van der Waals surface area (Å²) in [4.78, 5) is 14.6. The van der Waals surface area contributed by atoms with E-state index in [4.69, 9.17) is 4.42 Å². The van der Waals surface area contributed by atoms with E-state index in [-0.39, 0.29) is 23.1 Å². The molecular formula is C25H18F2N4O5S. The quantitative estimate of drug-likeness (QED) is 0.277. The molecule has 0 spiro atoms. The van der Waals surface area contributed by atoms with Crippen molar-refractivity contribution < 1.29 is 31.5 Å². The number of hydrogen-bond donors (Lipinski definition) is 3. The molecule has 0 aliphatic rings. The number of aromatic amines is 1. The predicted octanol–water partition coefficient (Wildman–Crippen LogP) is 4.14. The molecule has 0 bridgehead atoms. The van der Waals surface area contributed by atoms with Crippen molar-refractivity contribution in [3.05, 3.63) is 90.1 Å². The average molecular weight is 525 g/mol. The summed E-state index contributed by atoms with van der Waals surface area (Å²) >= 11 is 0. The average Bonchev–Trinajstić information content (AvgIpc) is 3.52. The van der Waals surface area contributed by atoms with Gasteiger partial charge < -0.3 is 14.5 Å². The number of benzene rings is 3. The third kappa shape index (κ3) is 5.10. The molecule has 3 N–H and O–H groups in total. The molecule has 1 atom stereocenters. The predicted molar refractivity (Wildman–Crippen MR) is 129 cm³/mol. The summed E-state index contributed by atoms with van der Waals surface area (Å²) in [5.74, 6) is -2.01. The summed E-state index contributed by atoms with van der Waals surface area (Å²) in [7, 11) is -4.23. The first-order valence-corrected chi connectivity index (χ1v) is 12.4. The van der Waals surface area contributed by atoms with E-state index in [0.29, 0.717) is 27.6 Å². The number of fused-ring (bicyclic) bond motifs is 1. The van der Waals surface area contributed by atoms with Crippen LogP contribution in [0.5, 0.6) is 0 Å². The Balaban J connectivity index is 1.34. The minimum absolute atomic E-state index is 0.117. The summed E-state index contributed by atoms with van der Waals surface area (Å²) in [5.41, 5.74) is 1.99. The highest BCUT2D eigenvalue weighted by molar-refractivity contribution is 7.89. The van der Waals surface area contributed by atoms with Gasteiger partial charge in [-0.1, -0.05) is 0 Å². The topological polar surface area (TPSA) is 138 Å². The molecule has 0 amide bonds. The van der Waals surface area contributed by atoms with Gasteiger partial charge in [0.15, 0.2) is 0 Å². The van der Waals surface area contributed by atoms with Crippen molar-refractivity contribution >= 4 is 26.9 Å². The van der Waals surface area contributed by atoms with E-state index in [1.54, 1.807) is 0 Å². The van der Waals surface area contributed by atoms with Gasteiger partial charge in [0.05, 0.1) is 4.90 Å². The lowest BCUT2D eigenvalue weighted by Gasteiger charge is -2.15. The molecule has 5 rings (SSSR count). The van der Waals surface area contributed by atoms with E-state index in [1.807, 2.05) is 0 Å². The number of carbonyl (C=O) groups is 1. The Labute approximate surface area is 208 Å². The van der Waals surface area contributed by atoms with Gasteiger partial charge in [0.1, 0.15) is 17.7 Å².